The number of carbonyl (C=O) groups is 1. The Bertz CT molecular complexity index is 1600. The number of fused-ring (bicyclic) bond motifs is 1. The van der Waals surface area contributed by atoms with Gasteiger partial charge in [0, 0.05) is 37.1 Å². The van der Waals surface area contributed by atoms with Gasteiger partial charge >= 0.3 is 0 Å². The third kappa shape index (κ3) is 8.71. The number of methoxy groups -OCH3 is 3. The molecule has 1 amide bonds. The first-order valence-electron chi connectivity index (χ1n) is 18.3. The summed E-state index contributed by atoms with van der Waals surface area (Å²) in [6.07, 6.45) is 6.63. The molecule has 278 valence electrons. The molecule has 0 bridgehead atoms. The Kier molecular flexibility index (Phi) is 13.8. The highest BCUT2D eigenvalue weighted by atomic mass is 32.2. The van der Waals surface area contributed by atoms with E-state index in [0.29, 0.717) is 49.1 Å². The number of ether oxygens (including phenoxy) is 4. The fraction of sp³-hybridized carbons (Fsp3) is 0.525. The highest BCUT2D eigenvalue weighted by Gasteiger charge is 2.47. The summed E-state index contributed by atoms with van der Waals surface area (Å²) in [5, 5.41) is 15.2. The number of benzene rings is 3. The average Bonchev–Trinajstić information content (AvgIpc) is 3.16. The molecule has 0 saturated carbocycles. The Balaban J connectivity index is 1.12. The third-order valence-electron chi connectivity index (χ3n) is 10.2. The van der Waals surface area contributed by atoms with Crippen molar-refractivity contribution in [3.05, 3.63) is 82.6 Å². The Morgan fingerprint density at radius 2 is 1.61 bits per heavy atom. The van der Waals surface area contributed by atoms with Gasteiger partial charge in [-0.1, -0.05) is 62.9 Å². The number of rotatable bonds is 17. The van der Waals surface area contributed by atoms with E-state index in [1.165, 1.54) is 0 Å². The molecule has 1 saturated heterocycles. The van der Waals surface area contributed by atoms with Gasteiger partial charge < -0.3 is 34.1 Å². The summed E-state index contributed by atoms with van der Waals surface area (Å²) in [4.78, 5) is 17.0. The Hall–Kier alpha value is -3.64. The molecule has 3 aromatic carbocycles. The topological polar surface area (TPSA) is 104 Å². The molecule has 2 heterocycles. The second kappa shape index (κ2) is 18.2. The van der Waals surface area contributed by atoms with E-state index >= 15 is 0 Å². The van der Waals surface area contributed by atoms with Gasteiger partial charge in [-0.3, -0.25) is 13.9 Å². The van der Waals surface area contributed by atoms with E-state index in [1.807, 2.05) is 72.5 Å². The SMILES string of the molecule is CCCCCCC1(c2cccc(OCCCCN3CCN(C(=O)Cc4cc(OC)c(OC)c(OC)c4)CC3)c2)N([O-])C(C)c2ccccc2S1=O. The Labute approximate surface area is 306 Å². The second-order valence-electron chi connectivity index (χ2n) is 13.4. The molecule has 11 heteroatoms. The molecule has 2 aliphatic rings. The van der Waals surface area contributed by atoms with Gasteiger partial charge in [0.15, 0.2) is 11.5 Å². The van der Waals surface area contributed by atoms with Crippen LogP contribution in [0.25, 0.3) is 0 Å². The zero-order valence-corrected chi connectivity index (χ0v) is 31.7. The summed E-state index contributed by atoms with van der Waals surface area (Å²) in [6.45, 7) is 8.59. The van der Waals surface area contributed by atoms with Crippen LogP contribution in [0.2, 0.25) is 0 Å². The maximum Gasteiger partial charge on any atom is 0.227 e. The zero-order chi connectivity index (χ0) is 36.4. The number of piperazine rings is 1. The van der Waals surface area contributed by atoms with Gasteiger partial charge in [-0.2, -0.15) is 0 Å². The number of hydrogen-bond donors (Lipinski definition) is 0. The van der Waals surface area contributed by atoms with Gasteiger partial charge in [-0.05, 0) is 79.8 Å². The highest BCUT2D eigenvalue weighted by molar-refractivity contribution is 7.86. The Morgan fingerprint density at radius 1 is 0.882 bits per heavy atom. The van der Waals surface area contributed by atoms with Crippen LogP contribution >= 0.6 is 0 Å². The molecule has 5 rings (SSSR count). The maximum atomic E-state index is 14.3. The van der Waals surface area contributed by atoms with Crippen molar-refractivity contribution in [3.63, 3.8) is 0 Å². The zero-order valence-electron chi connectivity index (χ0n) is 30.9. The van der Waals surface area contributed by atoms with Crippen molar-refractivity contribution in [2.24, 2.45) is 0 Å². The van der Waals surface area contributed by atoms with Crippen molar-refractivity contribution in [1.29, 1.82) is 0 Å². The normalized spacial score (nSPS) is 20.9. The minimum Gasteiger partial charge on any atom is -0.783 e. The monoisotopic (exact) mass is 720 g/mol. The van der Waals surface area contributed by atoms with Crippen molar-refractivity contribution in [2.45, 2.75) is 81.0 Å². The molecular formula is C40H54N3O7S-. The van der Waals surface area contributed by atoms with Crippen LogP contribution in [-0.4, -0.2) is 85.6 Å². The number of unbranched alkanes of at least 4 members (excludes halogenated alkanes) is 4. The first kappa shape index (κ1) is 38.6. The molecule has 0 aromatic heterocycles. The molecular weight excluding hydrogens is 667 g/mol. The van der Waals surface area contributed by atoms with Gasteiger partial charge in [-0.25, -0.2) is 0 Å². The molecule has 3 unspecified atom stereocenters. The van der Waals surface area contributed by atoms with Crippen LogP contribution in [0.3, 0.4) is 0 Å². The quantitative estimate of drug-likeness (QED) is 0.136. The number of hydrogen-bond acceptors (Lipinski definition) is 9. The molecule has 3 atom stereocenters. The first-order valence-corrected chi connectivity index (χ1v) is 19.4. The van der Waals surface area contributed by atoms with Crippen LogP contribution in [0.4, 0.5) is 0 Å². The molecule has 0 radical (unpaired) electrons. The lowest BCUT2D eigenvalue weighted by Crippen LogP contribution is -2.50. The van der Waals surface area contributed by atoms with Crippen LogP contribution in [0.15, 0.2) is 65.6 Å². The van der Waals surface area contributed by atoms with Gasteiger partial charge in [0.1, 0.15) is 10.6 Å². The lowest BCUT2D eigenvalue weighted by Gasteiger charge is -2.55. The van der Waals surface area contributed by atoms with Crippen LogP contribution < -0.4 is 18.9 Å². The minimum atomic E-state index is -1.55. The summed E-state index contributed by atoms with van der Waals surface area (Å²) in [5.41, 5.74) is 2.41. The van der Waals surface area contributed by atoms with Gasteiger partial charge in [0.25, 0.3) is 0 Å². The minimum absolute atomic E-state index is 0.0816. The van der Waals surface area contributed by atoms with E-state index in [1.54, 1.807) is 21.3 Å². The van der Waals surface area contributed by atoms with Crippen LogP contribution in [0, 0.1) is 5.21 Å². The number of hydroxylamine groups is 2. The summed E-state index contributed by atoms with van der Waals surface area (Å²) >= 11 is 0. The predicted octanol–water partition coefficient (Wildman–Crippen LogP) is 7.06. The largest absolute Gasteiger partial charge is 0.783 e. The Morgan fingerprint density at radius 3 is 2.29 bits per heavy atom. The smallest absolute Gasteiger partial charge is 0.227 e. The van der Waals surface area contributed by atoms with E-state index in [2.05, 4.69) is 11.8 Å². The predicted molar refractivity (Wildman–Crippen MR) is 201 cm³/mol. The van der Waals surface area contributed by atoms with E-state index in [0.717, 1.165) is 84.8 Å². The van der Waals surface area contributed by atoms with Gasteiger partial charge in [0.05, 0.1) is 45.2 Å². The summed E-state index contributed by atoms with van der Waals surface area (Å²) < 4.78 is 36.8. The molecule has 1 fully saturated rings. The van der Waals surface area contributed by atoms with Crippen molar-refractivity contribution in [2.75, 3.05) is 60.7 Å². The average molecular weight is 721 g/mol. The lowest BCUT2D eigenvalue weighted by atomic mass is 9.95. The van der Waals surface area contributed by atoms with Gasteiger partial charge in [0.2, 0.25) is 11.7 Å². The molecule has 3 aromatic rings. The van der Waals surface area contributed by atoms with Crippen molar-refractivity contribution in [1.82, 2.24) is 14.9 Å². The van der Waals surface area contributed by atoms with Crippen LogP contribution in [0.1, 0.15) is 81.5 Å². The van der Waals surface area contributed by atoms with Crippen LogP contribution in [-0.2, 0) is 26.9 Å². The second-order valence-corrected chi connectivity index (χ2v) is 15.1. The molecule has 0 aliphatic carbocycles. The van der Waals surface area contributed by atoms with Crippen molar-refractivity contribution in [3.8, 4) is 23.0 Å². The third-order valence-corrected chi connectivity index (χ3v) is 12.2. The lowest BCUT2D eigenvalue weighted by molar-refractivity contribution is -0.132. The number of nitrogens with zero attached hydrogens (tertiary/aromatic N) is 3. The summed E-state index contributed by atoms with van der Waals surface area (Å²) in [6, 6.07) is 18.6. The van der Waals surface area contributed by atoms with E-state index in [9.17, 15) is 14.2 Å². The van der Waals surface area contributed by atoms with Crippen molar-refractivity contribution < 1.29 is 28.0 Å². The van der Waals surface area contributed by atoms with E-state index in [4.69, 9.17) is 18.9 Å². The molecule has 51 heavy (non-hydrogen) atoms. The van der Waals surface area contributed by atoms with E-state index in [-0.39, 0.29) is 12.3 Å². The molecule has 2 aliphatic heterocycles. The van der Waals surface area contributed by atoms with E-state index < -0.39 is 21.7 Å². The molecule has 0 N–H and O–H groups in total. The highest BCUT2D eigenvalue weighted by Crippen LogP contribution is 2.50. The van der Waals surface area contributed by atoms with Gasteiger partial charge in [-0.15, -0.1) is 0 Å². The number of carbonyl (C=O) groups excluding carboxylic acids is 1. The fourth-order valence-corrected chi connectivity index (χ4v) is 9.28. The van der Waals surface area contributed by atoms with Crippen LogP contribution in [0.5, 0.6) is 23.0 Å². The standard InChI is InChI=1S/C40H54N3O7S/c1-6-7-8-11-19-40(43(45)30(2)34-17-9-10-18-37(34)51(40)46)32-15-14-16-33(29-32)50-25-13-12-20-41-21-23-42(24-22-41)38(44)28-31-26-35(47-3)39(49-5)36(27-31)48-4/h9-10,14-18,26-27,29-30H,6-8,11-13,19-25,28H2,1-5H3/q-1. The first-order chi connectivity index (χ1) is 24.8. The fourth-order valence-electron chi connectivity index (χ4n) is 7.27. The number of amides is 1. The van der Waals surface area contributed by atoms with Crippen molar-refractivity contribution >= 4 is 16.7 Å². The molecule has 10 nitrogen and oxygen atoms in total. The summed E-state index contributed by atoms with van der Waals surface area (Å²) in [5.74, 6) is 2.37. The molecule has 0 spiro atoms. The summed E-state index contributed by atoms with van der Waals surface area (Å²) in [7, 11) is 3.16. The maximum absolute atomic E-state index is 14.3.